The minimum Gasteiger partial charge on any atom is -0.325 e. The smallest absolute Gasteiger partial charge is 0.325 e. The molecule has 5 nitrogen and oxygen atoms in total. The molecule has 0 saturated heterocycles. The lowest BCUT2D eigenvalue weighted by Gasteiger charge is -2.16. The lowest BCUT2D eigenvalue weighted by Crippen LogP contribution is -2.24. The molecule has 0 aliphatic heterocycles. The summed E-state index contributed by atoms with van der Waals surface area (Å²) in [5.74, 6) is -0.554. The SMILES string of the molecule is Cc1ccc(-n2cnnc2SC(C)C(=O)Nc2ccccc2C(F)(F)F)c(C)c1. The van der Waals surface area contributed by atoms with E-state index in [-0.39, 0.29) is 5.69 Å². The molecular weight excluding hydrogens is 401 g/mol. The number of rotatable bonds is 5. The van der Waals surface area contributed by atoms with Crippen molar-refractivity contribution in [2.45, 2.75) is 37.4 Å². The zero-order valence-electron chi connectivity index (χ0n) is 16.0. The first-order valence-corrected chi connectivity index (χ1v) is 9.66. The molecule has 3 aromatic rings. The number of anilines is 1. The van der Waals surface area contributed by atoms with Crippen molar-refractivity contribution >= 4 is 23.4 Å². The fourth-order valence-corrected chi connectivity index (χ4v) is 3.67. The van der Waals surface area contributed by atoms with Gasteiger partial charge in [-0.15, -0.1) is 10.2 Å². The standard InChI is InChI=1S/C20H19F3N4OS/c1-12-8-9-17(13(2)10-12)27-11-24-26-19(27)29-14(3)18(28)25-16-7-5-4-6-15(16)20(21,22)23/h4-11,14H,1-3H3,(H,25,28). The van der Waals surface area contributed by atoms with Crippen LogP contribution in [0.5, 0.6) is 0 Å². The van der Waals surface area contributed by atoms with Crippen molar-refractivity contribution in [3.63, 3.8) is 0 Å². The van der Waals surface area contributed by atoms with Crippen LogP contribution in [0.1, 0.15) is 23.6 Å². The fourth-order valence-electron chi connectivity index (χ4n) is 2.83. The van der Waals surface area contributed by atoms with Crippen LogP contribution in [0, 0.1) is 13.8 Å². The fraction of sp³-hybridized carbons (Fsp3) is 0.250. The number of benzene rings is 2. The molecule has 0 saturated carbocycles. The number of hydrogen-bond acceptors (Lipinski definition) is 4. The van der Waals surface area contributed by atoms with E-state index in [1.807, 2.05) is 32.0 Å². The first-order chi connectivity index (χ1) is 13.7. The quantitative estimate of drug-likeness (QED) is 0.589. The van der Waals surface area contributed by atoms with E-state index in [0.717, 1.165) is 34.6 Å². The Hall–Kier alpha value is -2.81. The van der Waals surface area contributed by atoms with Crippen LogP contribution in [0.4, 0.5) is 18.9 Å². The number of carbonyl (C=O) groups is 1. The van der Waals surface area contributed by atoms with Crippen molar-refractivity contribution in [1.29, 1.82) is 0 Å². The van der Waals surface area contributed by atoms with Gasteiger partial charge in [0.15, 0.2) is 5.16 Å². The molecule has 1 aromatic heterocycles. The van der Waals surface area contributed by atoms with E-state index in [2.05, 4.69) is 15.5 Å². The van der Waals surface area contributed by atoms with Crippen molar-refractivity contribution in [1.82, 2.24) is 14.8 Å². The van der Waals surface area contributed by atoms with Crippen molar-refractivity contribution in [2.24, 2.45) is 0 Å². The third-order valence-electron chi connectivity index (χ3n) is 4.27. The van der Waals surface area contributed by atoms with E-state index in [4.69, 9.17) is 0 Å². The average Bonchev–Trinajstić information content (AvgIpc) is 3.09. The monoisotopic (exact) mass is 420 g/mol. The number of aryl methyl sites for hydroxylation is 2. The number of para-hydroxylation sites is 1. The summed E-state index contributed by atoms with van der Waals surface area (Å²) in [6.07, 6.45) is -3.01. The first kappa shape index (κ1) is 20.9. The van der Waals surface area contributed by atoms with Gasteiger partial charge in [-0.25, -0.2) is 0 Å². The molecule has 1 unspecified atom stereocenters. The Morgan fingerprint density at radius 1 is 1.17 bits per heavy atom. The molecule has 9 heteroatoms. The summed E-state index contributed by atoms with van der Waals surface area (Å²) in [5.41, 5.74) is 1.85. The minimum atomic E-state index is -4.55. The highest BCUT2D eigenvalue weighted by Gasteiger charge is 2.34. The second-order valence-corrected chi connectivity index (χ2v) is 7.87. The summed E-state index contributed by atoms with van der Waals surface area (Å²) in [6, 6.07) is 10.8. The van der Waals surface area contributed by atoms with E-state index in [1.54, 1.807) is 17.8 Å². The number of alkyl halides is 3. The van der Waals surface area contributed by atoms with Crippen LogP contribution in [-0.2, 0) is 11.0 Å². The van der Waals surface area contributed by atoms with Crippen LogP contribution in [0.15, 0.2) is 53.9 Å². The third-order valence-corrected chi connectivity index (χ3v) is 5.33. The van der Waals surface area contributed by atoms with Gasteiger partial charge in [-0.3, -0.25) is 9.36 Å². The van der Waals surface area contributed by atoms with Gasteiger partial charge >= 0.3 is 6.18 Å². The first-order valence-electron chi connectivity index (χ1n) is 8.78. The summed E-state index contributed by atoms with van der Waals surface area (Å²) in [7, 11) is 0. The molecule has 0 spiro atoms. The molecule has 1 amide bonds. The van der Waals surface area contributed by atoms with E-state index >= 15 is 0 Å². The largest absolute Gasteiger partial charge is 0.418 e. The Balaban J connectivity index is 1.78. The molecule has 1 heterocycles. The summed E-state index contributed by atoms with van der Waals surface area (Å²) in [4.78, 5) is 12.5. The number of carbonyl (C=O) groups excluding carboxylic acids is 1. The van der Waals surface area contributed by atoms with Crippen molar-refractivity contribution in [3.05, 3.63) is 65.5 Å². The molecule has 0 fully saturated rings. The molecule has 2 aromatic carbocycles. The molecule has 29 heavy (non-hydrogen) atoms. The Labute approximate surface area is 170 Å². The zero-order chi connectivity index (χ0) is 21.2. The third kappa shape index (κ3) is 4.79. The van der Waals surface area contributed by atoms with Gasteiger partial charge in [-0.2, -0.15) is 13.2 Å². The average molecular weight is 420 g/mol. The number of hydrogen-bond donors (Lipinski definition) is 1. The maximum Gasteiger partial charge on any atom is 0.418 e. The Morgan fingerprint density at radius 2 is 1.90 bits per heavy atom. The van der Waals surface area contributed by atoms with E-state index < -0.39 is 22.9 Å². The lowest BCUT2D eigenvalue weighted by molar-refractivity contribution is -0.137. The lowest BCUT2D eigenvalue weighted by atomic mass is 10.1. The number of thioether (sulfide) groups is 1. The van der Waals surface area contributed by atoms with Crippen LogP contribution in [-0.4, -0.2) is 25.9 Å². The molecule has 0 aliphatic carbocycles. The molecule has 0 radical (unpaired) electrons. The highest BCUT2D eigenvalue weighted by molar-refractivity contribution is 8.00. The van der Waals surface area contributed by atoms with E-state index in [9.17, 15) is 18.0 Å². The predicted molar refractivity (Wildman–Crippen MR) is 106 cm³/mol. The summed E-state index contributed by atoms with van der Waals surface area (Å²) in [6.45, 7) is 5.56. The molecule has 3 rings (SSSR count). The molecule has 0 aliphatic rings. The van der Waals surface area contributed by atoms with Crippen molar-refractivity contribution in [2.75, 3.05) is 5.32 Å². The molecule has 0 bridgehead atoms. The number of aromatic nitrogens is 3. The van der Waals surface area contributed by atoms with Gasteiger partial charge in [0, 0.05) is 0 Å². The highest BCUT2D eigenvalue weighted by atomic mass is 32.2. The summed E-state index contributed by atoms with van der Waals surface area (Å²) in [5, 5.41) is 10.1. The van der Waals surface area contributed by atoms with Gasteiger partial charge in [0.2, 0.25) is 5.91 Å². The van der Waals surface area contributed by atoms with Gasteiger partial charge in [0.05, 0.1) is 22.2 Å². The minimum absolute atomic E-state index is 0.270. The van der Waals surface area contributed by atoms with E-state index in [0.29, 0.717) is 5.16 Å². The van der Waals surface area contributed by atoms with Crippen LogP contribution in [0.3, 0.4) is 0 Å². The summed E-state index contributed by atoms with van der Waals surface area (Å²) >= 11 is 1.12. The van der Waals surface area contributed by atoms with E-state index in [1.165, 1.54) is 18.2 Å². The maximum atomic E-state index is 13.1. The Bertz CT molecular complexity index is 1030. The number of amides is 1. The molecule has 1 N–H and O–H groups in total. The van der Waals surface area contributed by atoms with Crippen LogP contribution >= 0.6 is 11.8 Å². The maximum absolute atomic E-state index is 13.1. The normalized spacial score (nSPS) is 12.6. The molecular formula is C20H19F3N4OS. The van der Waals surface area contributed by atoms with Crippen molar-refractivity contribution in [3.8, 4) is 5.69 Å². The van der Waals surface area contributed by atoms with Crippen LogP contribution in [0.2, 0.25) is 0 Å². The van der Waals surface area contributed by atoms with Gasteiger partial charge in [0.25, 0.3) is 0 Å². The second-order valence-electron chi connectivity index (χ2n) is 6.57. The Kier molecular flexibility index (Phi) is 5.97. The highest BCUT2D eigenvalue weighted by Crippen LogP contribution is 2.35. The predicted octanol–water partition coefficient (Wildman–Crippen LogP) is 5.02. The van der Waals surface area contributed by atoms with Gasteiger partial charge < -0.3 is 5.32 Å². The van der Waals surface area contributed by atoms with Gasteiger partial charge in [0.1, 0.15) is 6.33 Å². The topological polar surface area (TPSA) is 59.8 Å². The zero-order valence-corrected chi connectivity index (χ0v) is 16.8. The van der Waals surface area contributed by atoms with Crippen LogP contribution in [0.25, 0.3) is 5.69 Å². The van der Waals surface area contributed by atoms with Crippen molar-refractivity contribution < 1.29 is 18.0 Å². The number of halogens is 3. The Morgan fingerprint density at radius 3 is 2.59 bits per heavy atom. The van der Waals surface area contributed by atoms with Gasteiger partial charge in [-0.05, 0) is 44.5 Å². The molecule has 152 valence electrons. The number of nitrogens with one attached hydrogen (secondary N) is 1. The number of nitrogens with zero attached hydrogens (tertiary/aromatic N) is 3. The molecule has 1 atom stereocenters. The second kappa shape index (κ2) is 8.28. The van der Waals surface area contributed by atoms with Gasteiger partial charge in [-0.1, -0.05) is 41.6 Å². The summed E-state index contributed by atoms with van der Waals surface area (Å²) < 4.78 is 41.2. The van der Waals surface area contributed by atoms with Crippen LogP contribution < -0.4 is 5.32 Å².